The van der Waals surface area contributed by atoms with E-state index < -0.39 is 6.36 Å². The summed E-state index contributed by atoms with van der Waals surface area (Å²) in [5.41, 5.74) is 0.473. The van der Waals surface area contributed by atoms with E-state index in [4.69, 9.17) is 16.1 Å². The summed E-state index contributed by atoms with van der Waals surface area (Å²) in [6.45, 7) is 3.98. The van der Waals surface area contributed by atoms with E-state index in [1.807, 2.05) is 0 Å². The molecule has 1 aromatic heterocycles. The van der Waals surface area contributed by atoms with Gasteiger partial charge in [-0.3, -0.25) is 14.7 Å². The number of hydrogen-bond donors (Lipinski definition) is 0. The Kier molecular flexibility index (Phi) is 6.79. The summed E-state index contributed by atoms with van der Waals surface area (Å²) in [4.78, 5) is 22.3. The quantitative estimate of drug-likeness (QED) is 0.368. The number of ether oxygens (including phenoxy) is 1. The molecule has 0 spiro atoms. The summed E-state index contributed by atoms with van der Waals surface area (Å²) in [6, 6.07) is 5.14. The number of halogens is 4. The van der Waals surface area contributed by atoms with Crippen molar-refractivity contribution in [1.29, 1.82) is 0 Å². The molecule has 0 bridgehead atoms. The summed E-state index contributed by atoms with van der Waals surface area (Å²) in [5, 5.41) is 4.18. The second-order valence-electron chi connectivity index (χ2n) is 6.72. The third-order valence-corrected chi connectivity index (χ3v) is 4.53. The molecule has 0 saturated carbocycles. The fourth-order valence-electron chi connectivity index (χ4n) is 3.10. The van der Waals surface area contributed by atoms with Gasteiger partial charge in [-0.2, -0.15) is 4.98 Å². The molecule has 1 unspecified atom stereocenters. The van der Waals surface area contributed by atoms with E-state index in [-0.39, 0.29) is 29.8 Å². The van der Waals surface area contributed by atoms with Crippen molar-refractivity contribution < 1.29 is 27.2 Å². The van der Waals surface area contributed by atoms with Gasteiger partial charge < -0.3 is 9.26 Å². The molecular formula is C20H18ClF3N4O3. The van der Waals surface area contributed by atoms with Crippen molar-refractivity contribution in [3.8, 4) is 17.1 Å². The van der Waals surface area contributed by atoms with Crippen LogP contribution >= 0.6 is 11.6 Å². The minimum atomic E-state index is -4.76. The molecule has 2 heterocycles. The van der Waals surface area contributed by atoms with E-state index in [1.54, 1.807) is 24.1 Å². The smallest absolute Gasteiger partial charge is 0.406 e. The summed E-state index contributed by atoms with van der Waals surface area (Å²) >= 11 is 5.72. The molecule has 1 aromatic carbocycles. The number of aliphatic imine (C=N–C) groups is 1. The van der Waals surface area contributed by atoms with E-state index in [9.17, 15) is 18.0 Å². The number of likely N-dealkylation sites (tertiary alicyclic amines) is 1. The van der Waals surface area contributed by atoms with Gasteiger partial charge in [0.05, 0.1) is 0 Å². The van der Waals surface area contributed by atoms with Crippen LogP contribution in [0.3, 0.4) is 0 Å². The fraction of sp³-hybridized carbons (Fsp3) is 0.300. The number of rotatable bonds is 6. The van der Waals surface area contributed by atoms with Crippen LogP contribution in [0.1, 0.15) is 12.3 Å². The van der Waals surface area contributed by atoms with Crippen molar-refractivity contribution in [2.45, 2.75) is 19.2 Å². The van der Waals surface area contributed by atoms with Gasteiger partial charge in [0, 0.05) is 37.0 Å². The van der Waals surface area contributed by atoms with Crippen LogP contribution in [0, 0.1) is 5.92 Å². The number of amides is 1. The van der Waals surface area contributed by atoms with Crippen molar-refractivity contribution in [1.82, 2.24) is 15.0 Å². The maximum Gasteiger partial charge on any atom is 0.573 e. The van der Waals surface area contributed by atoms with Crippen molar-refractivity contribution in [2.75, 3.05) is 13.6 Å². The summed E-state index contributed by atoms with van der Waals surface area (Å²) in [7, 11) is 1.58. The summed E-state index contributed by atoms with van der Waals surface area (Å²) < 4.78 is 45.9. The first kappa shape index (κ1) is 22.5. The molecule has 7 nitrogen and oxygen atoms in total. The van der Waals surface area contributed by atoms with Crippen LogP contribution in [0.4, 0.5) is 13.2 Å². The van der Waals surface area contributed by atoms with Gasteiger partial charge in [0.1, 0.15) is 11.6 Å². The third-order valence-electron chi connectivity index (χ3n) is 4.40. The number of carbonyl (C=O) groups excluding carboxylic acids is 1. The highest BCUT2D eigenvalue weighted by Crippen LogP contribution is 2.27. The number of carbonyl (C=O) groups is 1. The third kappa shape index (κ3) is 6.17. The minimum absolute atomic E-state index is 0.0623. The number of benzene rings is 1. The molecule has 0 radical (unpaired) electrons. The van der Waals surface area contributed by atoms with E-state index in [0.717, 1.165) is 0 Å². The Balaban J connectivity index is 1.64. The molecule has 1 atom stereocenters. The number of hydrogen-bond acceptors (Lipinski definition) is 6. The van der Waals surface area contributed by atoms with Gasteiger partial charge in [-0.25, -0.2) is 0 Å². The van der Waals surface area contributed by atoms with Crippen LogP contribution < -0.4 is 4.74 Å². The predicted molar refractivity (Wildman–Crippen MR) is 107 cm³/mol. The van der Waals surface area contributed by atoms with E-state index in [0.29, 0.717) is 35.3 Å². The number of aromatic nitrogens is 2. The first-order chi connectivity index (χ1) is 14.6. The van der Waals surface area contributed by atoms with Crippen LogP contribution in [0.15, 0.2) is 57.5 Å². The zero-order chi connectivity index (χ0) is 22.6. The maximum absolute atomic E-state index is 12.4. The normalized spacial score (nSPS) is 17.6. The molecule has 1 saturated heterocycles. The second-order valence-corrected chi connectivity index (χ2v) is 7.21. The number of amidine groups is 1. The Morgan fingerprint density at radius 1 is 1.39 bits per heavy atom. The van der Waals surface area contributed by atoms with Gasteiger partial charge in [-0.15, -0.1) is 13.2 Å². The summed E-state index contributed by atoms with van der Waals surface area (Å²) in [5.74, 6) is 0.536. The van der Waals surface area contributed by atoms with Crippen molar-refractivity contribution in [2.24, 2.45) is 10.9 Å². The second kappa shape index (κ2) is 9.34. The number of alkyl halides is 3. The Bertz CT molecular complexity index is 1020. The van der Waals surface area contributed by atoms with E-state index in [2.05, 4.69) is 26.4 Å². The lowest BCUT2D eigenvalue weighted by molar-refractivity contribution is -0.274. The van der Waals surface area contributed by atoms with Gasteiger partial charge in [0.2, 0.25) is 17.6 Å². The average molecular weight is 455 g/mol. The topological polar surface area (TPSA) is 80.8 Å². The Labute approximate surface area is 180 Å². The molecule has 0 N–H and O–H groups in total. The van der Waals surface area contributed by atoms with Gasteiger partial charge in [0.15, 0.2) is 0 Å². The number of nitrogens with zero attached hydrogens (tertiary/aromatic N) is 4. The Morgan fingerprint density at radius 3 is 2.71 bits per heavy atom. The molecule has 2 aromatic rings. The molecule has 11 heteroatoms. The van der Waals surface area contributed by atoms with Crippen molar-refractivity contribution >= 4 is 23.3 Å². The Hall–Kier alpha value is -3.14. The van der Waals surface area contributed by atoms with Gasteiger partial charge in [0.25, 0.3) is 0 Å². The van der Waals surface area contributed by atoms with Crippen LogP contribution in [0.25, 0.3) is 11.4 Å². The van der Waals surface area contributed by atoms with Crippen LogP contribution in [-0.2, 0) is 11.2 Å². The predicted octanol–water partition coefficient (Wildman–Crippen LogP) is 4.36. The molecule has 3 rings (SSSR count). The highest BCUT2D eigenvalue weighted by Gasteiger charge is 2.33. The molecule has 0 aliphatic carbocycles. The molecule has 1 fully saturated rings. The lowest BCUT2D eigenvalue weighted by Crippen LogP contribution is -2.31. The fourth-order valence-corrected chi connectivity index (χ4v) is 3.16. The highest BCUT2D eigenvalue weighted by molar-refractivity contribution is 6.31. The lowest BCUT2D eigenvalue weighted by Gasteiger charge is -2.15. The zero-order valence-corrected chi connectivity index (χ0v) is 17.2. The molecule has 164 valence electrons. The maximum atomic E-state index is 12.4. The molecule has 1 aliphatic heterocycles. The number of allylic oxidation sites excluding steroid dienone is 2. The molecule has 1 amide bonds. The van der Waals surface area contributed by atoms with Gasteiger partial charge in [-0.1, -0.05) is 23.3 Å². The molecular weight excluding hydrogens is 437 g/mol. The highest BCUT2D eigenvalue weighted by atomic mass is 35.5. The summed E-state index contributed by atoms with van der Waals surface area (Å²) in [6.07, 6.45) is -0.931. The van der Waals surface area contributed by atoms with E-state index in [1.165, 1.54) is 24.3 Å². The van der Waals surface area contributed by atoms with Crippen LogP contribution in [-0.4, -0.2) is 46.7 Å². The lowest BCUT2D eigenvalue weighted by atomic mass is 10.1. The van der Waals surface area contributed by atoms with Gasteiger partial charge in [-0.05, 0) is 42.3 Å². The van der Waals surface area contributed by atoms with Crippen molar-refractivity contribution in [3.05, 3.63) is 53.9 Å². The van der Waals surface area contributed by atoms with E-state index >= 15 is 0 Å². The van der Waals surface area contributed by atoms with Crippen molar-refractivity contribution in [3.63, 3.8) is 0 Å². The molecule has 1 aliphatic rings. The molecule has 31 heavy (non-hydrogen) atoms. The average Bonchev–Trinajstić information content (AvgIpc) is 3.29. The van der Waals surface area contributed by atoms with Crippen LogP contribution in [0.2, 0.25) is 0 Å². The monoisotopic (exact) mass is 454 g/mol. The SMILES string of the molecule is C=C(Cl)/C=C\C(=NC)N1CC(Cc2nc(-c3ccc(OC(F)(F)F)cc3)no2)CC1=O. The Morgan fingerprint density at radius 2 is 2.10 bits per heavy atom. The standard InChI is InChI=1S/C20H18ClF3N4O3/c1-12(21)3-8-16(25-2)28-11-13(10-18(28)29)9-17-26-19(27-31-17)14-4-6-15(7-5-14)30-20(22,23)24/h3-8,13H,1,9-11H2,2H3/b8-3-,25-16?. The minimum Gasteiger partial charge on any atom is -0.406 e. The first-order valence-corrected chi connectivity index (χ1v) is 9.51. The largest absolute Gasteiger partial charge is 0.573 e. The van der Waals surface area contributed by atoms with Crippen LogP contribution in [0.5, 0.6) is 5.75 Å². The zero-order valence-electron chi connectivity index (χ0n) is 16.4. The first-order valence-electron chi connectivity index (χ1n) is 9.13. The van der Waals surface area contributed by atoms with Gasteiger partial charge >= 0.3 is 6.36 Å².